The Morgan fingerprint density at radius 2 is 1.80 bits per heavy atom. The van der Waals surface area contributed by atoms with Crippen molar-refractivity contribution in [2.45, 2.75) is 16.6 Å². The fourth-order valence-electron chi connectivity index (χ4n) is 1.79. The average Bonchev–Trinajstić information content (AvgIpc) is 2.48. The molecule has 0 saturated heterocycles. The molecular weight excluding hydrogens is 272 g/mol. The molecule has 4 nitrogen and oxygen atoms in total. The largest absolute Gasteiger partial charge is 0.269 e. The Kier molecular flexibility index (Phi) is 4.75. The molecule has 0 aliphatic heterocycles. The van der Waals surface area contributed by atoms with Gasteiger partial charge in [-0.3, -0.25) is 10.1 Å². The first-order valence-corrected chi connectivity index (χ1v) is 6.91. The second kappa shape index (κ2) is 6.73. The number of rotatable bonds is 5. The summed E-state index contributed by atoms with van der Waals surface area (Å²) in [6.45, 7) is 0. The third-order valence-electron chi connectivity index (χ3n) is 2.77. The van der Waals surface area contributed by atoms with Crippen LogP contribution in [0.2, 0.25) is 0 Å². The Morgan fingerprint density at radius 1 is 1.15 bits per heavy atom. The second-order valence-electron chi connectivity index (χ2n) is 4.13. The molecule has 0 heterocycles. The number of nitro benzene ring substituents is 1. The molecule has 0 aliphatic carbocycles. The van der Waals surface area contributed by atoms with E-state index in [-0.39, 0.29) is 10.9 Å². The van der Waals surface area contributed by atoms with Gasteiger partial charge in [-0.15, -0.1) is 11.8 Å². The van der Waals surface area contributed by atoms with Crippen molar-refractivity contribution in [2.24, 2.45) is 0 Å². The van der Waals surface area contributed by atoms with Crippen LogP contribution in [0.25, 0.3) is 0 Å². The molecule has 20 heavy (non-hydrogen) atoms. The molecule has 0 saturated carbocycles. The third-order valence-corrected chi connectivity index (χ3v) is 4.04. The van der Waals surface area contributed by atoms with E-state index in [0.29, 0.717) is 6.42 Å². The molecule has 0 bridgehead atoms. The van der Waals surface area contributed by atoms with Crippen LogP contribution in [0.5, 0.6) is 0 Å². The summed E-state index contributed by atoms with van der Waals surface area (Å²) in [5, 5.41) is 19.6. The normalized spacial score (nSPS) is 11.6. The van der Waals surface area contributed by atoms with E-state index in [0.717, 1.165) is 10.5 Å². The van der Waals surface area contributed by atoms with E-state index < -0.39 is 4.92 Å². The molecule has 100 valence electrons. The molecule has 1 unspecified atom stereocenters. The van der Waals surface area contributed by atoms with Crippen LogP contribution in [0, 0.1) is 21.4 Å². The highest BCUT2D eigenvalue weighted by molar-refractivity contribution is 7.99. The fourth-order valence-corrected chi connectivity index (χ4v) is 2.86. The minimum Gasteiger partial charge on any atom is -0.258 e. The minimum atomic E-state index is -0.418. The van der Waals surface area contributed by atoms with Crippen LogP contribution in [-0.2, 0) is 0 Å². The van der Waals surface area contributed by atoms with Gasteiger partial charge in [0.2, 0.25) is 0 Å². The van der Waals surface area contributed by atoms with E-state index in [1.54, 1.807) is 23.9 Å². The lowest BCUT2D eigenvalue weighted by molar-refractivity contribution is -0.384. The summed E-state index contributed by atoms with van der Waals surface area (Å²) in [6, 6.07) is 18.4. The lowest BCUT2D eigenvalue weighted by Crippen LogP contribution is -1.93. The molecule has 2 aromatic carbocycles. The number of nitro groups is 1. The zero-order chi connectivity index (χ0) is 14.4. The monoisotopic (exact) mass is 284 g/mol. The van der Waals surface area contributed by atoms with Crippen molar-refractivity contribution in [3.63, 3.8) is 0 Å². The van der Waals surface area contributed by atoms with E-state index in [1.165, 1.54) is 12.1 Å². The van der Waals surface area contributed by atoms with Gasteiger partial charge in [0.05, 0.1) is 17.4 Å². The van der Waals surface area contributed by atoms with Crippen LogP contribution in [0.3, 0.4) is 0 Å². The summed E-state index contributed by atoms with van der Waals surface area (Å²) in [4.78, 5) is 11.1. The summed E-state index contributed by atoms with van der Waals surface area (Å²) in [5.41, 5.74) is 1.16. The van der Waals surface area contributed by atoms with E-state index >= 15 is 0 Å². The van der Waals surface area contributed by atoms with Crippen molar-refractivity contribution < 1.29 is 4.92 Å². The van der Waals surface area contributed by atoms with E-state index in [9.17, 15) is 10.1 Å². The lowest BCUT2D eigenvalue weighted by Gasteiger charge is -2.13. The van der Waals surface area contributed by atoms with Gasteiger partial charge in [-0.25, -0.2) is 0 Å². The van der Waals surface area contributed by atoms with Gasteiger partial charge in [-0.2, -0.15) is 5.26 Å². The maximum Gasteiger partial charge on any atom is 0.269 e. The lowest BCUT2D eigenvalue weighted by atomic mass is 10.1. The maximum absolute atomic E-state index is 10.6. The Bertz CT molecular complexity index is 621. The molecule has 0 aliphatic rings. The Hall–Kier alpha value is -2.32. The SMILES string of the molecule is N#CCC(Sc1ccc([N+](=O)[O-])cc1)c1ccccc1. The van der Waals surface area contributed by atoms with Crippen LogP contribution >= 0.6 is 11.8 Å². The molecule has 5 heteroatoms. The highest BCUT2D eigenvalue weighted by Crippen LogP contribution is 2.37. The van der Waals surface area contributed by atoms with Crippen molar-refractivity contribution in [1.29, 1.82) is 5.26 Å². The summed E-state index contributed by atoms with van der Waals surface area (Å²) in [5.74, 6) is 0. The summed E-state index contributed by atoms with van der Waals surface area (Å²) >= 11 is 1.54. The number of thioether (sulfide) groups is 1. The van der Waals surface area contributed by atoms with Gasteiger partial charge in [0, 0.05) is 22.3 Å². The number of benzene rings is 2. The van der Waals surface area contributed by atoms with Gasteiger partial charge in [0.25, 0.3) is 5.69 Å². The number of nitriles is 1. The van der Waals surface area contributed by atoms with Crippen LogP contribution in [0.4, 0.5) is 5.69 Å². The quantitative estimate of drug-likeness (QED) is 0.465. The van der Waals surface area contributed by atoms with Gasteiger partial charge in [0.1, 0.15) is 0 Å². The summed E-state index contributed by atoms with van der Waals surface area (Å²) in [7, 11) is 0. The number of hydrogen-bond donors (Lipinski definition) is 0. The smallest absolute Gasteiger partial charge is 0.258 e. The van der Waals surface area contributed by atoms with Gasteiger partial charge in [-0.1, -0.05) is 30.3 Å². The van der Waals surface area contributed by atoms with Crippen molar-refractivity contribution in [1.82, 2.24) is 0 Å². The van der Waals surface area contributed by atoms with Crippen LogP contribution in [0.15, 0.2) is 59.5 Å². The second-order valence-corrected chi connectivity index (χ2v) is 5.41. The molecule has 0 fully saturated rings. The van der Waals surface area contributed by atoms with Crippen LogP contribution < -0.4 is 0 Å². The standard InChI is InChI=1S/C15H12N2O2S/c16-11-10-15(12-4-2-1-3-5-12)20-14-8-6-13(7-9-14)17(18)19/h1-9,15H,10H2. The number of hydrogen-bond acceptors (Lipinski definition) is 4. The molecule has 0 aromatic heterocycles. The first-order valence-electron chi connectivity index (χ1n) is 6.03. The number of non-ortho nitro benzene ring substituents is 1. The molecule has 0 spiro atoms. The van der Waals surface area contributed by atoms with E-state index in [4.69, 9.17) is 5.26 Å². The minimum absolute atomic E-state index is 0.0302. The van der Waals surface area contributed by atoms with Gasteiger partial charge in [-0.05, 0) is 17.7 Å². The van der Waals surface area contributed by atoms with Crippen LogP contribution in [0.1, 0.15) is 17.2 Å². The summed E-state index contributed by atoms with van der Waals surface area (Å²) in [6.07, 6.45) is 0.395. The topological polar surface area (TPSA) is 66.9 Å². The van der Waals surface area contributed by atoms with E-state index in [1.807, 2.05) is 30.3 Å². The predicted molar refractivity (Wildman–Crippen MR) is 78.4 cm³/mol. The van der Waals surface area contributed by atoms with Crippen LogP contribution in [-0.4, -0.2) is 4.92 Å². The molecule has 2 rings (SSSR count). The summed E-state index contributed by atoms with van der Waals surface area (Å²) < 4.78 is 0. The third kappa shape index (κ3) is 3.59. The first-order chi connectivity index (χ1) is 9.70. The Balaban J connectivity index is 2.16. The van der Waals surface area contributed by atoms with E-state index in [2.05, 4.69) is 6.07 Å². The van der Waals surface area contributed by atoms with Crippen molar-refractivity contribution in [3.8, 4) is 6.07 Å². The predicted octanol–water partition coefficient (Wildman–Crippen LogP) is 4.34. The van der Waals surface area contributed by atoms with Crippen molar-refractivity contribution in [2.75, 3.05) is 0 Å². The fraction of sp³-hybridized carbons (Fsp3) is 0.133. The molecule has 0 radical (unpaired) electrons. The molecule has 0 amide bonds. The first kappa shape index (κ1) is 14.1. The van der Waals surface area contributed by atoms with Gasteiger partial charge < -0.3 is 0 Å². The molecule has 1 atom stereocenters. The van der Waals surface area contributed by atoms with Gasteiger partial charge >= 0.3 is 0 Å². The number of nitrogens with zero attached hydrogens (tertiary/aromatic N) is 2. The van der Waals surface area contributed by atoms with Crippen molar-refractivity contribution >= 4 is 17.4 Å². The van der Waals surface area contributed by atoms with Crippen molar-refractivity contribution in [3.05, 3.63) is 70.3 Å². The molecule has 0 N–H and O–H groups in total. The Morgan fingerprint density at radius 3 is 2.35 bits per heavy atom. The maximum atomic E-state index is 10.6. The zero-order valence-corrected chi connectivity index (χ0v) is 11.4. The Labute approximate surface area is 121 Å². The zero-order valence-electron chi connectivity index (χ0n) is 10.6. The average molecular weight is 284 g/mol. The highest BCUT2D eigenvalue weighted by atomic mass is 32.2. The highest BCUT2D eigenvalue weighted by Gasteiger charge is 2.13. The molecular formula is C15H12N2O2S. The molecule has 2 aromatic rings. The van der Waals surface area contributed by atoms with Gasteiger partial charge in [0.15, 0.2) is 0 Å².